The molecule has 134 valence electrons. The summed E-state index contributed by atoms with van der Waals surface area (Å²) < 4.78 is 0. The first-order valence-corrected chi connectivity index (χ1v) is 8.41. The van der Waals surface area contributed by atoms with E-state index < -0.39 is 5.91 Å². The average Bonchev–Trinajstić information content (AvgIpc) is 2.69. The van der Waals surface area contributed by atoms with E-state index in [1.807, 2.05) is 6.07 Å². The molecule has 2 aromatic carbocycles. The van der Waals surface area contributed by atoms with Crippen LogP contribution in [0.1, 0.15) is 26.4 Å². The zero-order valence-corrected chi connectivity index (χ0v) is 14.9. The first-order chi connectivity index (χ1) is 13.1. The molecule has 3 aromatic rings. The summed E-state index contributed by atoms with van der Waals surface area (Å²) in [7, 11) is 0. The van der Waals surface area contributed by atoms with Gasteiger partial charge >= 0.3 is 0 Å². The van der Waals surface area contributed by atoms with Gasteiger partial charge in [0.05, 0.1) is 23.2 Å². The van der Waals surface area contributed by atoms with Crippen LogP contribution in [0.5, 0.6) is 0 Å². The van der Waals surface area contributed by atoms with Gasteiger partial charge in [-0.05, 0) is 48.5 Å². The van der Waals surface area contributed by atoms with Crippen molar-refractivity contribution in [1.29, 1.82) is 0 Å². The maximum Gasteiger partial charge on any atom is 0.273 e. The van der Waals surface area contributed by atoms with E-state index >= 15 is 0 Å². The number of hydrazone groups is 1. The van der Waals surface area contributed by atoms with Crippen LogP contribution in [0.15, 0.2) is 78.0 Å². The molecule has 0 unspecified atom stereocenters. The summed E-state index contributed by atoms with van der Waals surface area (Å²) in [5, 5.41) is 7.16. The van der Waals surface area contributed by atoms with Crippen molar-refractivity contribution in [3.05, 3.63) is 94.8 Å². The van der Waals surface area contributed by atoms with Gasteiger partial charge in [-0.1, -0.05) is 29.8 Å². The second kappa shape index (κ2) is 8.73. The van der Waals surface area contributed by atoms with E-state index in [0.717, 1.165) is 0 Å². The molecule has 0 saturated heterocycles. The highest BCUT2D eigenvalue weighted by atomic mass is 35.5. The van der Waals surface area contributed by atoms with Crippen LogP contribution in [0.2, 0.25) is 5.02 Å². The quantitative estimate of drug-likeness (QED) is 0.524. The van der Waals surface area contributed by atoms with E-state index in [2.05, 4.69) is 20.8 Å². The van der Waals surface area contributed by atoms with Crippen molar-refractivity contribution in [2.75, 3.05) is 5.32 Å². The predicted molar refractivity (Wildman–Crippen MR) is 105 cm³/mol. The maximum absolute atomic E-state index is 12.4. The van der Waals surface area contributed by atoms with Crippen LogP contribution in [0, 0.1) is 0 Å². The second-order valence-corrected chi connectivity index (χ2v) is 5.90. The van der Waals surface area contributed by atoms with Gasteiger partial charge in [0.15, 0.2) is 0 Å². The molecule has 0 spiro atoms. The molecule has 27 heavy (non-hydrogen) atoms. The fourth-order valence-corrected chi connectivity index (χ4v) is 2.38. The molecule has 2 amide bonds. The summed E-state index contributed by atoms with van der Waals surface area (Å²) in [6.07, 6.45) is 3.07. The average molecular weight is 379 g/mol. The lowest BCUT2D eigenvalue weighted by Gasteiger charge is -2.10. The predicted octanol–water partition coefficient (Wildman–Crippen LogP) is 3.75. The Kier molecular flexibility index (Phi) is 5.91. The number of carbonyl (C=O) groups excluding carboxylic acids is 2. The Morgan fingerprint density at radius 1 is 0.926 bits per heavy atom. The van der Waals surface area contributed by atoms with E-state index in [1.165, 1.54) is 6.21 Å². The summed E-state index contributed by atoms with van der Waals surface area (Å²) in [4.78, 5) is 28.9. The third kappa shape index (κ3) is 4.99. The van der Waals surface area contributed by atoms with Crippen LogP contribution >= 0.6 is 11.6 Å². The molecule has 0 bridgehead atoms. The third-order valence-electron chi connectivity index (χ3n) is 3.58. The highest BCUT2D eigenvalue weighted by Gasteiger charge is 2.13. The SMILES string of the molecule is O=C(Nc1ccccc1C(=O)N/N=C/c1ccccn1)c1ccc(Cl)cc1. The lowest BCUT2D eigenvalue weighted by atomic mass is 10.1. The van der Waals surface area contributed by atoms with Gasteiger partial charge in [-0.15, -0.1) is 0 Å². The van der Waals surface area contributed by atoms with Gasteiger partial charge in [0, 0.05) is 16.8 Å². The van der Waals surface area contributed by atoms with E-state index in [0.29, 0.717) is 22.0 Å². The molecule has 1 aromatic heterocycles. The van der Waals surface area contributed by atoms with Crippen molar-refractivity contribution < 1.29 is 9.59 Å². The van der Waals surface area contributed by atoms with Crippen LogP contribution in [-0.4, -0.2) is 23.0 Å². The molecule has 3 rings (SSSR count). The van der Waals surface area contributed by atoms with Crippen LogP contribution in [0.3, 0.4) is 0 Å². The van der Waals surface area contributed by atoms with Crippen molar-refractivity contribution in [3.63, 3.8) is 0 Å². The first-order valence-electron chi connectivity index (χ1n) is 8.04. The topological polar surface area (TPSA) is 83.5 Å². The minimum atomic E-state index is -0.450. The number of anilines is 1. The smallest absolute Gasteiger partial charge is 0.273 e. The van der Waals surface area contributed by atoms with Crippen molar-refractivity contribution in [2.24, 2.45) is 5.10 Å². The minimum Gasteiger partial charge on any atom is -0.321 e. The molecule has 0 fully saturated rings. The largest absolute Gasteiger partial charge is 0.321 e. The lowest BCUT2D eigenvalue weighted by molar-refractivity contribution is 0.0956. The standard InChI is InChI=1S/C20H15ClN4O2/c21-15-10-8-14(9-11-15)19(26)24-18-7-2-1-6-17(18)20(27)25-23-13-16-5-3-4-12-22-16/h1-13H,(H,24,26)(H,25,27)/b23-13+. The zero-order chi connectivity index (χ0) is 19.1. The number of para-hydroxylation sites is 1. The number of benzene rings is 2. The van der Waals surface area contributed by atoms with Crippen LogP contribution < -0.4 is 10.7 Å². The number of amides is 2. The monoisotopic (exact) mass is 378 g/mol. The number of halogens is 1. The summed E-state index contributed by atoms with van der Waals surface area (Å²) in [5.74, 6) is -0.793. The number of nitrogens with zero attached hydrogens (tertiary/aromatic N) is 2. The number of aromatic nitrogens is 1. The highest BCUT2D eigenvalue weighted by Crippen LogP contribution is 2.17. The molecule has 0 aliphatic carbocycles. The number of hydrogen-bond acceptors (Lipinski definition) is 4. The highest BCUT2D eigenvalue weighted by molar-refractivity contribution is 6.30. The Balaban J connectivity index is 1.71. The third-order valence-corrected chi connectivity index (χ3v) is 3.83. The maximum atomic E-state index is 12.4. The second-order valence-electron chi connectivity index (χ2n) is 5.46. The van der Waals surface area contributed by atoms with Gasteiger partial charge in [-0.3, -0.25) is 14.6 Å². The number of rotatable bonds is 5. The summed E-state index contributed by atoms with van der Waals surface area (Å²) >= 11 is 5.83. The van der Waals surface area contributed by atoms with Gasteiger partial charge in [0.1, 0.15) is 0 Å². The molecular formula is C20H15ClN4O2. The molecule has 0 aliphatic heterocycles. The minimum absolute atomic E-state index is 0.290. The number of hydrogen-bond donors (Lipinski definition) is 2. The number of pyridine rings is 1. The van der Waals surface area contributed by atoms with Crippen molar-refractivity contribution in [3.8, 4) is 0 Å². The van der Waals surface area contributed by atoms with Crippen molar-refractivity contribution in [1.82, 2.24) is 10.4 Å². The van der Waals surface area contributed by atoms with E-state index in [4.69, 9.17) is 11.6 Å². The van der Waals surface area contributed by atoms with Gasteiger partial charge in [0.25, 0.3) is 11.8 Å². The van der Waals surface area contributed by atoms with Gasteiger partial charge in [-0.25, -0.2) is 5.43 Å². The first kappa shape index (κ1) is 18.3. The molecule has 7 heteroatoms. The lowest BCUT2D eigenvalue weighted by Crippen LogP contribution is -2.21. The van der Waals surface area contributed by atoms with Crippen LogP contribution in [0.25, 0.3) is 0 Å². The normalized spacial score (nSPS) is 10.6. The molecule has 0 aliphatic rings. The number of nitrogens with one attached hydrogen (secondary N) is 2. The fourth-order valence-electron chi connectivity index (χ4n) is 2.26. The fraction of sp³-hybridized carbons (Fsp3) is 0. The van der Waals surface area contributed by atoms with E-state index in [-0.39, 0.29) is 11.5 Å². The summed E-state index contributed by atoms with van der Waals surface area (Å²) in [5.41, 5.74) is 4.14. The summed E-state index contributed by atoms with van der Waals surface area (Å²) in [6.45, 7) is 0. The van der Waals surface area contributed by atoms with E-state index in [9.17, 15) is 9.59 Å². The van der Waals surface area contributed by atoms with E-state index in [1.54, 1.807) is 66.9 Å². The number of carbonyl (C=O) groups is 2. The Labute approximate surface area is 160 Å². The molecule has 0 saturated carbocycles. The van der Waals surface area contributed by atoms with Crippen LogP contribution in [-0.2, 0) is 0 Å². The summed E-state index contributed by atoms with van der Waals surface area (Å²) in [6, 6.07) is 18.5. The van der Waals surface area contributed by atoms with Gasteiger partial charge in [-0.2, -0.15) is 5.10 Å². The van der Waals surface area contributed by atoms with Crippen molar-refractivity contribution in [2.45, 2.75) is 0 Å². The Hall–Kier alpha value is -3.51. The molecule has 2 N–H and O–H groups in total. The molecule has 1 heterocycles. The van der Waals surface area contributed by atoms with Gasteiger partial charge in [0.2, 0.25) is 0 Å². The Morgan fingerprint density at radius 3 is 2.41 bits per heavy atom. The molecule has 0 atom stereocenters. The molecular weight excluding hydrogens is 364 g/mol. The Morgan fingerprint density at radius 2 is 1.67 bits per heavy atom. The molecule has 0 radical (unpaired) electrons. The van der Waals surface area contributed by atoms with Crippen molar-refractivity contribution >= 4 is 35.3 Å². The Bertz CT molecular complexity index is 973. The zero-order valence-electron chi connectivity index (χ0n) is 14.1. The molecule has 6 nitrogen and oxygen atoms in total. The van der Waals surface area contributed by atoms with Gasteiger partial charge < -0.3 is 5.32 Å². The van der Waals surface area contributed by atoms with Crippen LogP contribution in [0.4, 0.5) is 5.69 Å².